The summed E-state index contributed by atoms with van der Waals surface area (Å²) in [5.41, 5.74) is 5.97. The molecule has 0 fully saturated rings. The maximum absolute atomic E-state index is 13.9. The minimum absolute atomic E-state index is 0.200. The Morgan fingerprint density at radius 3 is 2.88 bits per heavy atom. The Bertz CT molecular complexity index is 346. The average Bonchev–Trinajstić information content (AvgIpc) is 2.29. The van der Waals surface area contributed by atoms with E-state index in [1.807, 2.05) is 25.1 Å². The molecule has 1 heterocycles. The summed E-state index contributed by atoms with van der Waals surface area (Å²) in [5.74, 6) is 1.01. The molecule has 0 saturated heterocycles. The lowest BCUT2D eigenvalue weighted by molar-refractivity contribution is 0.591. The van der Waals surface area contributed by atoms with Crippen molar-refractivity contribution in [2.24, 2.45) is 5.73 Å². The van der Waals surface area contributed by atoms with Gasteiger partial charge >= 0.3 is 0 Å². The van der Waals surface area contributed by atoms with Gasteiger partial charge in [-0.2, -0.15) is 11.8 Å². The van der Waals surface area contributed by atoms with Gasteiger partial charge in [-0.3, -0.25) is 0 Å². The van der Waals surface area contributed by atoms with Crippen molar-refractivity contribution >= 4 is 17.6 Å². The zero-order valence-electron chi connectivity index (χ0n) is 9.90. The molecule has 1 unspecified atom stereocenters. The van der Waals surface area contributed by atoms with Crippen molar-refractivity contribution in [1.29, 1.82) is 0 Å². The van der Waals surface area contributed by atoms with Crippen molar-refractivity contribution in [2.45, 2.75) is 19.5 Å². The van der Waals surface area contributed by atoms with Crippen LogP contribution >= 0.6 is 11.8 Å². The second-order valence-electron chi connectivity index (χ2n) is 3.73. The average molecular weight is 243 g/mol. The zero-order valence-corrected chi connectivity index (χ0v) is 10.7. The molecule has 3 nitrogen and oxygen atoms in total. The summed E-state index contributed by atoms with van der Waals surface area (Å²) in [5, 5.41) is 0. The Labute approximate surface area is 100 Å². The van der Waals surface area contributed by atoms with Crippen molar-refractivity contribution < 1.29 is 4.39 Å². The fourth-order valence-electron chi connectivity index (χ4n) is 1.44. The number of pyridine rings is 1. The third-order valence-electron chi connectivity index (χ3n) is 2.57. The first-order valence-corrected chi connectivity index (χ1v) is 6.56. The fourth-order valence-corrected chi connectivity index (χ4v) is 2.14. The molecule has 0 aliphatic carbocycles. The highest BCUT2D eigenvalue weighted by Gasteiger charge is 2.16. The number of thioether (sulfide) groups is 1. The molecule has 1 aromatic heterocycles. The molecule has 0 aromatic carbocycles. The Kier molecular flexibility index (Phi) is 5.02. The van der Waals surface area contributed by atoms with E-state index in [0.717, 1.165) is 5.75 Å². The van der Waals surface area contributed by atoms with Gasteiger partial charge in [0.05, 0.1) is 0 Å². The van der Waals surface area contributed by atoms with E-state index in [1.165, 1.54) is 0 Å². The highest BCUT2D eigenvalue weighted by molar-refractivity contribution is 7.98. The maximum atomic E-state index is 13.9. The molecular formula is C11H18FN3S. The highest BCUT2D eigenvalue weighted by Crippen LogP contribution is 2.20. The minimum Gasteiger partial charge on any atom is -0.354 e. The lowest BCUT2D eigenvalue weighted by atomic mass is 10.2. The number of aromatic nitrogens is 1. The van der Waals surface area contributed by atoms with Gasteiger partial charge in [-0.1, -0.05) is 0 Å². The Balaban J connectivity index is 2.94. The molecule has 5 heteroatoms. The van der Waals surface area contributed by atoms with Crippen LogP contribution in [0.5, 0.6) is 0 Å². The molecule has 0 spiro atoms. The van der Waals surface area contributed by atoms with E-state index in [0.29, 0.717) is 11.4 Å². The minimum atomic E-state index is -0.305. The summed E-state index contributed by atoms with van der Waals surface area (Å²) in [7, 11) is 1.85. The predicted molar refractivity (Wildman–Crippen MR) is 68.3 cm³/mol. The van der Waals surface area contributed by atoms with E-state index < -0.39 is 0 Å². The van der Waals surface area contributed by atoms with Crippen molar-refractivity contribution in [2.75, 3.05) is 24.0 Å². The van der Waals surface area contributed by atoms with E-state index in [-0.39, 0.29) is 18.4 Å². The second kappa shape index (κ2) is 6.06. The standard InChI is InChI=1S/C11H18FN3S/c1-8(7-16-3)15(2)11-10(12)9(6-13)4-5-14-11/h4-5,8H,6-7,13H2,1-3H3. The van der Waals surface area contributed by atoms with Crippen LogP contribution in [0.15, 0.2) is 12.3 Å². The van der Waals surface area contributed by atoms with Crippen LogP contribution < -0.4 is 10.6 Å². The van der Waals surface area contributed by atoms with E-state index in [2.05, 4.69) is 4.98 Å². The number of nitrogens with two attached hydrogens (primary N) is 1. The third kappa shape index (κ3) is 2.86. The smallest absolute Gasteiger partial charge is 0.170 e. The van der Waals surface area contributed by atoms with Crippen molar-refractivity contribution in [3.05, 3.63) is 23.6 Å². The summed E-state index contributed by atoms with van der Waals surface area (Å²) in [6, 6.07) is 1.86. The van der Waals surface area contributed by atoms with Crippen molar-refractivity contribution in [3.63, 3.8) is 0 Å². The van der Waals surface area contributed by atoms with Gasteiger partial charge in [0, 0.05) is 37.1 Å². The SMILES string of the molecule is CSCC(C)N(C)c1nccc(CN)c1F. The largest absolute Gasteiger partial charge is 0.354 e. The number of halogens is 1. The second-order valence-corrected chi connectivity index (χ2v) is 4.64. The molecule has 1 rings (SSSR count). The Morgan fingerprint density at radius 2 is 2.31 bits per heavy atom. The molecule has 90 valence electrons. The molecule has 0 amide bonds. The number of hydrogen-bond donors (Lipinski definition) is 1. The maximum Gasteiger partial charge on any atom is 0.170 e. The molecule has 0 aliphatic rings. The first-order chi connectivity index (χ1) is 7.61. The van der Waals surface area contributed by atoms with Gasteiger partial charge in [-0.05, 0) is 19.2 Å². The molecule has 0 bridgehead atoms. The Morgan fingerprint density at radius 1 is 1.62 bits per heavy atom. The van der Waals surface area contributed by atoms with E-state index in [9.17, 15) is 4.39 Å². The predicted octanol–water partition coefficient (Wildman–Crippen LogP) is 1.87. The van der Waals surface area contributed by atoms with Gasteiger partial charge in [-0.15, -0.1) is 0 Å². The van der Waals surface area contributed by atoms with Crippen LogP contribution in [0.25, 0.3) is 0 Å². The monoisotopic (exact) mass is 243 g/mol. The van der Waals surface area contributed by atoms with Gasteiger partial charge in [0.2, 0.25) is 0 Å². The third-order valence-corrected chi connectivity index (χ3v) is 3.39. The molecule has 2 N–H and O–H groups in total. The molecule has 1 aromatic rings. The van der Waals surface area contributed by atoms with Crippen LogP contribution in [-0.4, -0.2) is 30.1 Å². The fraction of sp³-hybridized carbons (Fsp3) is 0.545. The molecule has 0 radical (unpaired) electrons. The summed E-state index contributed by atoms with van der Waals surface area (Å²) in [6.07, 6.45) is 3.63. The van der Waals surface area contributed by atoms with Gasteiger partial charge in [0.15, 0.2) is 11.6 Å². The number of rotatable bonds is 5. The molecule has 1 atom stereocenters. The van der Waals surface area contributed by atoms with Crippen LogP contribution in [0.4, 0.5) is 10.2 Å². The van der Waals surface area contributed by atoms with E-state index >= 15 is 0 Å². The van der Waals surface area contributed by atoms with Crippen LogP contribution in [0.3, 0.4) is 0 Å². The van der Waals surface area contributed by atoms with Gasteiger partial charge < -0.3 is 10.6 Å². The number of hydrogen-bond acceptors (Lipinski definition) is 4. The van der Waals surface area contributed by atoms with Crippen LogP contribution in [0.2, 0.25) is 0 Å². The van der Waals surface area contributed by atoms with Gasteiger partial charge in [0.25, 0.3) is 0 Å². The molecule has 16 heavy (non-hydrogen) atoms. The van der Waals surface area contributed by atoms with Gasteiger partial charge in [0.1, 0.15) is 0 Å². The van der Waals surface area contributed by atoms with Crippen LogP contribution in [-0.2, 0) is 6.54 Å². The quantitative estimate of drug-likeness (QED) is 0.857. The first-order valence-electron chi connectivity index (χ1n) is 5.17. The first kappa shape index (κ1) is 13.3. The van der Waals surface area contributed by atoms with Crippen LogP contribution in [0, 0.1) is 5.82 Å². The normalized spacial score (nSPS) is 12.6. The lowest BCUT2D eigenvalue weighted by Crippen LogP contribution is -2.32. The molecule has 0 aliphatic heterocycles. The molecule has 0 saturated carbocycles. The lowest BCUT2D eigenvalue weighted by Gasteiger charge is -2.26. The summed E-state index contributed by atoms with van der Waals surface area (Å²) < 4.78 is 13.9. The van der Waals surface area contributed by atoms with Gasteiger partial charge in [-0.25, -0.2) is 9.37 Å². The Hall–Kier alpha value is -0.810. The topological polar surface area (TPSA) is 42.2 Å². The summed E-state index contributed by atoms with van der Waals surface area (Å²) in [4.78, 5) is 5.93. The highest BCUT2D eigenvalue weighted by atomic mass is 32.2. The van der Waals surface area contributed by atoms with Crippen molar-refractivity contribution in [1.82, 2.24) is 4.98 Å². The molecular weight excluding hydrogens is 225 g/mol. The number of anilines is 1. The van der Waals surface area contributed by atoms with Crippen molar-refractivity contribution in [3.8, 4) is 0 Å². The zero-order chi connectivity index (χ0) is 12.1. The summed E-state index contributed by atoms with van der Waals surface area (Å²) >= 11 is 1.73. The number of nitrogens with zero attached hydrogens (tertiary/aromatic N) is 2. The van der Waals surface area contributed by atoms with E-state index in [4.69, 9.17) is 5.73 Å². The van der Waals surface area contributed by atoms with E-state index in [1.54, 1.807) is 24.0 Å². The van der Waals surface area contributed by atoms with Crippen LogP contribution in [0.1, 0.15) is 12.5 Å². The summed E-state index contributed by atoms with van der Waals surface area (Å²) in [6.45, 7) is 2.25.